The van der Waals surface area contributed by atoms with E-state index in [1.54, 1.807) is 35.7 Å². The Morgan fingerprint density at radius 3 is 2.72 bits per heavy atom. The summed E-state index contributed by atoms with van der Waals surface area (Å²) in [6, 6.07) is 4.95. The third-order valence-corrected chi connectivity index (χ3v) is 5.77. The van der Waals surface area contributed by atoms with Crippen LogP contribution in [0.1, 0.15) is 36.2 Å². The van der Waals surface area contributed by atoms with Crippen molar-refractivity contribution in [1.82, 2.24) is 10.3 Å². The van der Waals surface area contributed by atoms with Crippen molar-refractivity contribution in [3.05, 3.63) is 44.7 Å². The third-order valence-electron chi connectivity index (χ3n) is 3.49. The van der Waals surface area contributed by atoms with Crippen LogP contribution in [0, 0.1) is 6.92 Å². The molecule has 0 aliphatic carbocycles. The van der Waals surface area contributed by atoms with Crippen LogP contribution < -0.4 is 5.32 Å². The minimum atomic E-state index is -0.161. The summed E-state index contributed by atoms with van der Waals surface area (Å²) in [4.78, 5) is 22.6. The number of thioether (sulfide) groups is 1. The second-order valence-corrected chi connectivity index (χ2v) is 8.86. The van der Waals surface area contributed by atoms with E-state index < -0.39 is 0 Å². The Balaban J connectivity index is 1.82. The van der Waals surface area contributed by atoms with Crippen molar-refractivity contribution >= 4 is 45.9 Å². The van der Waals surface area contributed by atoms with Crippen LogP contribution in [0.2, 0.25) is 0 Å². The minimum Gasteiger partial charge on any atom is -0.508 e. The molecule has 7 heteroatoms. The molecule has 0 spiro atoms. The van der Waals surface area contributed by atoms with Crippen LogP contribution in [0.4, 0.5) is 5.69 Å². The number of benzene rings is 1. The van der Waals surface area contributed by atoms with Gasteiger partial charge in [-0.05, 0) is 48.5 Å². The second kappa shape index (κ2) is 6.65. The molecule has 0 radical (unpaired) electrons. The topological polar surface area (TPSA) is 74.6 Å². The van der Waals surface area contributed by atoms with Gasteiger partial charge in [0.1, 0.15) is 5.75 Å². The predicted molar refractivity (Wildman–Crippen MR) is 104 cm³/mol. The summed E-state index contributed by atoms with van der Waals surface area (Å²) < 4.78 is 0. The van der Waals surface area contributed by atoms with E-state index >= 15 is 0 Å². The fourth-order valence-corrected chi connectivity index (χ4v) is 4.00. The molecule has 2 heterocycles. The fraction of sp³-hybridized carbons (Fsp3) is 0.278. The number of hydrogen-bond acceptors (Lipinski definition) is 6. The van der Waals surface area contributed by atoms with Crippen molar-refractivity contribution in [3.63, 3.8) is 0 Å². The first-order valence-electron chi connectivity index (χ1n) is 7.78. The molecule has 2 N–H and O–H groups in total. The van der Waals surface area contributed by atoms with Crippen molar-refractivity contribution in [3.8, 4) is 5.75 Å². The van der Waals surface area contributed by atoms with Crippen LogP contribution in [0.5, 0.6) is 5.75 Å². The van der Waals surface area contributed by atoms with Gasteiger partial charge in [-0.1, -0.05) is 20.8 Å². The fourth-order valence-electron chi connectivity index (χ4n) is 2.18. The molecule has 1 aromatic heterocycles. The maximum absolute atomic E-state index is 12.2. The lowest BCUT2D eigenvalue weighted by atomic mass is 9.98. The Morgan fingerprint density at radius 2 is 2.08 bits per heavy atom. The summed E-state index contributed by atoms with van der Waals surface area (Å²) in [7, 11) is 0. The van der Waals surface area contributed by atoms with Gasteiger partial charge in [-0.2, -0.15) is 0 Å². The number of rotatable bonds is 2. The zero-order valence-corrected chi connectivity index (χ0v) is 16.1. The van der Waals surface area contributed by atoms with E-state index in [1.807, 2.05) is 13.0 Å². The molecule has 0 saturated carbocycles. The van der Waals surface area contributed by atoms with E-state index in [0.717, 1.165) is 21.1 Å². The Kier molecular flexibility index (Phi) is 4.71. The van der Waals surface area contributed by atoms with Gasteiger partial charge in [-0.25, -0.2) is 9.98 Å². The Bertz CT molecular complexity index is 892. The van der Waals surface area contributed by atoms with Gasteiger partial charge < -0.3 is 10.4 Å². The summed E-state index contributed by atoms with van der Waals surface area (Å²) >= 11 is 2.89. The predicted octanol–water partition coefficient (Wildman–Crippen LogP) is 4.35. The number of amides is 1. The maximum Gasteiger partial charge on any atom is 0.264 e. The number of phenolic OH excluding ortho intramolecular Hbond substituents is 1. The number of phenols is 1. The molecular weight excluding hydrogens is 354 g/mol. The summed E-state index contributed by atoms with van der Waals surface area (Å²) in [6.07, 6.45) is 3.64. The number of aliphatic imine (C=N–C) groups is 1. The van der Waals surface area contributed by atoms with E-state index in [4.69, 9.17) is 0 Å². The molecule has 1 aliphatic rings. The molecule has 1 aromatic carbocycles. The van der Waals surface area contributed by atoms with E-state index in [-0.39, 0.29) is 17.1 Å². The number of amidine groups is 1. The Labute approximate surface area is 154 Å². The molecule has 3 rings (SSSR count). The molecule has 2 aromatic rings. The molecule has 1 saturated heterocycles. The highest BCUT2D eigenvalue weighted by molar-refractivity contribution is 8.18. The largest absolute Gasteiger partial charge is 0.508 e. The molecule has 25 heavy (non-hydrogen) atoms. The molecule has 1 aliphatic heterocycles. The van der Waals surface area contributed by atoms with E-state index in [1.165, 1.54) is 11.8 Å². The number of nitrogens with one attached hydrogen (secondary N) is 1. The number of hydrogen-bond donors (Lipinski definition) is 2. The lowest BCUT2D eigenvalue weighted by Gasteiger charge is -2.13. The smallest absolute Gasteiger partial charge is 0.264 e. The van der Waals surface area contributed by atoms with Crippen molar-refractivity contribution < 1.29 is 9.90 Å². The molecule has 0 unspecified atom stereocenters. The summed E-state index contributed by atoms with van der Waals surface area (Å²) in [5.74, 6) is 0.0379. The molecule has 1 fully saturated rings. The summed E-state index contributed by atoms with van der Waals surface area (Å²) in [5.41, 5.74) is 1.56. The number of thiazole rings is 1. The van der Waals surface area contributed by atoms with E-state index in [2.05, 4.69) is 36.1 Å². The third kappa shape index (κ3) is 4.11. The van der Waals surface area contributed by atoms with Crippen molar-refractivity contribution in [2.75, 3.05) is 0 Å². The van der Waals surface area contributed by atoms with Crippen LogP contribution in [0.3, 0.4) is 0 Å². The number of carbonyl (C=O) groups is 1. The number of carbonyl (C=O) groups excluding carboxylic acids is 1. The summed E-state index contributed by atoms with van der Waals surface area (Å²) in [5, 5.41) is 13.8. The van der Waals surface area contributed by atoms with Gasteiger partial charge in [0, 0.05) is 16.5 Å². The zero-order valence-electron chi connectivity index (χ0n) is 14.5. The van der Waals surface area contributed by atoms with Gasteiger partial charge in [-0.3, -0.25) is 4.79 Å². The van der Waals surface area contributed by atoms with Crippen LogP contribution in [-0.2, 0) is 10.2 Å². The molecule has 0 atom stereocenters. The lowest BCUT2D eigenvalue weighted by Crippen LogP contribution is -2.19. The maximum atomic E-state index is 12.2. The summed E-state index contributed by atoms with van der Waals surface area (Å²) in [6.45, 7) is 8.21. The highest BCUT2D eigenvalue weighted by Crippen LogP contribution is 2.33. The van der Waals surface area contributed by atoms with Gasteiger partial charge in [0.25, 0.3) is 5.91 Å². The SMILES string of the molecule is Cc1cc(O)ccc1N=C1NC(=O)C(=Cc2cnc(C(C)(C)C)s2)S1. The van der Waals surface area contributed by atoms with Crippen molar-refractivity contribution in [1.29, 1.82) is 0 Å². The first-order chi connectivity index (χ1) is 11.7. The van der Waals surface area contributed by atoms with Crippen LogP contribution >= 0.6 is 23.1 Å². The molecule has 1 amide bonds. The van der Waals surface area contributed by atoms with Gasteiger partial charge >= 0.3 is 0 Å². The second-order valence-electron chi connectivity index (χ2n) is 6.77. The Morgan fingerprint density at radius 1 is 1.32 bits per heavy atom. The normalized spacial score (nSPS) is 18.2. The molecule has 5 nitrogen and oxygen atoms in total. The highest BCUT2D eigenvalue weighted by Gasteiger charge is 2.25. The zero-order chi connectivity index (χ0) is 18.2. The molecule has 130 valence electrons. The van der Waals surface area contributed by atoms with E-state index in [9.17, 15) is 9.90 Å². The number of aryl methyl sites for hydroxylation is 1. The molecular formula is C18H19N3O2S2. The first-order valence-corrected chi connectivity index (χ1v) is 9.41. The van der Waals surface area contributed by atoms with Gasteiger partial charge in [0.2, 0.25) is 0 Å². The van der Waals surface area contributed by atoms with Crippen LogP contribution in [-0.4, -0.2) is 21.2 Å². The quantitative estimate of drug-likeness (QED) is 0.768. The first kappa shape index (κ1) is 17.7. The van der Waals surface area contributed by atoms with Gasteiger partial charge in [0.05, 0.1) is 15.6 Å². The van der Waals surface area contributed by atoms with Crippen LogP contribution in [0.25, 0.3) is 6.08 Å². The number of aromatic hydroxyl groups is 1. The van der Waals surface area contributed by atoms with E-state index in [0.29, 0.717) is 10.1 Å². The monoisotopic (exact) mass is 373 g/mol. The van der Waals surface area contributed by atoms with Crippen molar-refractivity contribution in [2.45, 2.75) is 33.1 Å². The van der Waals surface area contributed by atoms with Gasteiger partial charge in [-0.15, -0.1) is 11.3 Å². The number of nitrogens with zero attached hydrogens (tertiary/aromatic N) is 2. The number of aromatic nitrogens is 1. The average molecular weight is 374 g/mol. The average Bonchev–Trinajstić information content (AvgIpc) is 3.10. The van der Waals surface area contributed by atoms with Gasteiger partial charge in [0.15, 0.2) is 5.17 Å². The minimum absolute atomic E-state index is 0.00445. The highest BCUT2D eigenvalue weighted by atomic mass is 32.2. The lowest BCUT2D eigenvalue weighted by molar-refractivity contribution is -0.115. The molecule has 0 bridgehead atoms. The standard InChI is InChI=1S/C18H19N3O2S2/c1-10-7-11(22)5-6-13(10)20-17-21-15(23)14(25-17)8-12-9-19-16(24-12)18(2,3)4/h5-9,22H,1-4H3,(H,20,21,23). The Hall–Kier alpha value is -2.12. The van der Waals surface area contributed by atoms with Crippen molar-refractivity contribution in [2.24, 2.45) is 4.99 Å². The van der Waals surface area contributed by atoms with Crippen LogP contribution in [0.15, 0.2) is 34.3 Å².